The third-order valence-corrected chi connectivity index (χ3v) is 2.39. The number of aromatic nitrogens is 1. The molecule has 4 heteroatoms. The Morgan fingerprint density at radius 3 is 2.81 bits per heavy atom. The summed E-state index contributed by atoms with van der Waals surface area (Å²) < 4.78 is 5.46. The van der Waals surface area contributed by atoms with Gasteiger partial charge in [0, 0.05) is 6.20 Å². The summed E-state index contributed by atoms with van der Waals surface area (Å²) in [5.74, 6) is 1.75. The summed E-state index contributed by atoms with van der Waals surface area (Å²) in [6, 6.07) is 3.70. The molecule has 0 saturated heterocycles. The van der Waals surface area contributed by atoms with Gasteiger partial charge in [0.1, 0.15) is 0 Å². The summed E-state index contributed by atoms with van der Waals surface area (Å²) in [6.45, 7) is 6.72. The number of aliphatic hydroxyl groups excluding tert-OH is 1. The first-order chi connectivity index (χ1) is 7.69. The minimum absolute atomic E-state index is 0.00546. The Morgan fingerprint density at radius 1 is 1.50 bits per heavy atom. The molecule has 1 heterocycles. The van der Waals surface area contributed by atoms with Crippen LogP contribution in [0.3, 0.4) is 0 Å². The highest BCUT2D eigenvalue weighted by molar-refractivity contribution is 5.50. The van der Waals surface area contributed by atoms with Crippen LogP contribution in [-0.4, -0.2) is 29.3 Å². The largest absolute Gasteiger partial charge is 0.490 e. The molecule has 4 nitrogen and oxygen atoms in total. The topological polar surface area (TPSA) is 54.4 Å². The monoisotopic (exact) mass is 224 g/mol. The van der Waals surface area contributed by atoms with E-state index in [9.17, 15) is 5.11 Å². The van der Waals surface area contributed by atoms with E-state index in [0.29, 0.717) is 18.3 Å². The molecule has 0 saturated carbocycles. The van der Waals surface area contributed by atoms with E-state index < -0.39 is 0 Å². The van der Waals surface area contributed by atoms with Gasteiger partial charge >= 0.3 is 0 Å². The average molecular weight is 224 g/mol. The highest BCUT2D eigenvalue weighted by Crippen LogP contribution is 2.22. The predicted octanol–water partition coefficient (Wildman–Crippen LogP) is 1.91. The van der Waals surface area contributed by atoms with Crippen molar-refractivity contribution in [3.63, 3.8) is 0 Å². The van der Waals surface area contributed by atoms with Crippen LogP contribution in [0.25, 0.3) is 0 Å². The maximum absolute atomic E-state index is 9.25. The molecule has 1 rings (SSSR count). The van der Waals surface area contributed by atoms with Crippen molar-refractivity contribution < 1.29 is 9.84 Å². The van der Waals surface area contributed by atoms with Crippen LogP contribution >= 0.6 is 0 Å². The van der Waals surface area contributed by atoms with Gasteiger partial charge in [-0.05, 0) is 25.0 Å². The van der Waals surface area contributed by atoms with E-state index in [1.54, 1.807) is 6.20 Å². The predicted molar refractivity (Wildman–Crippen MR) is 64.7 cm³/mol. The van der Waals surface area contributed by atoms with Gasteiger partial charge in [0.25, 0.3) is 0 Å². The number of pyridine rings is 1. The normalized spacial score (nSPS) is 12.6. The second-order valence-corrected chi connectivity index (χ2v) is 3.96. The number of aliphatic hydroxyl groups is 1. The average Bonchev–Trinajstić information content (AvgIpc) is 2.27. The molecule has 0 aliphatic heterocycles. The van der Waals surface area contributed by atoms with Crippen LogP contribution in [-0.2, 0) is 0 Å². The molecular weight excluding hydrogens is 204 g/mol. The van der Waals surface area contributed by atoms with Gasteiger partial charge in [0.05, 0.1) is 19.3 Å². The van der Waals surface area contributed by atoms with Crippen molar-refractivity contribution in [2.75, 3.05) is 18.5 Å². The lowest BCUT2D eigenvalue weighted by Gasteiger charge is -2.21. The molecule has 0 fully saturated rings. The third kappa shape index (κ3) is 3.38. The van der Waals surface area contributed by atoms with Gasteiger partial charge in [-0.3, -0.25) is 0 Å². The molecule has 0 aliphatic carbocycles. The van der Waals surface area contributed by atoms with E-state index >= 15 is 0 Å². The van der Waals surface area contributed by atoms with Gasteiger partial charge in [-0.1, -0.05) is 13.8 Å². The molecule has 16 heavy (non-hydrogen) atoms. The van der Waals surface area contributed by atoms with Gasteiger partial charge < -0.3 is 15.2 Å². The number of anilines is 1. The molecule has 0 aliphatic rings. The van der Waals surface area contributed by atoms with E-state index in [1.807, 2.05) is 19.1 Å². The quantitative estimate of drug-likeness (QED) is 0.775. The molecule has 0 spiro atoms. The molecule has 90 valence electrons. The van der Waals surface area contributed by atoms with Crippen LogP contribution in [0.4, 0.5) is 5.82 Å². The molecule has 0 aromatic carbocycles. The highest BCUT2D eigenvalue weighted by Gasteiger charge is 2.14. The maximum Gasteiger partial charge on any atom is 0.169 e. The molecular formula is C12H20N2O2. The van der Waals surface area contributed by atoms with Crippen LogP contribution in [0.5, 0.6) is 5.75 Å². The fraction of sp³-hybridized carbons (Fsp3) is 0.583. The van der Waals surface area contributed by atoms with Crippen molar-refractivity contribution in [3.05, 3.63) is 18.3 Å². The molecule has 0 amide bonds. The second kappa shape index (κ2) is 6.33. The molecule has 0 radical (unpaired) electrons. The summed E-state index contributed by atoms with van der Waals surface area (Å²) in [6.07, 6.45) is 1.71. The fourth-order valence-corrected chi connectivity index (χ4v) is 1.37. The fourth-order valence-electron chi connectivity index (χ4n) is 1.37. The summed E-state index contributed by atoms with van der Waals surface area (Å²) in [4.78, 5) is 4.22. The Balaban J connectivity index is 2.78. The molecule has 1 aromatic rings. The van der Waals surface area contributed by atoms with Crippen LogP contribution in [0.2, 0.25) is 0 Å². The van der Waals surface area contributed by atoms with Crippen LogP contribution < -0.4 is 10.1 Å². The number of hydrogen-bond donors (Lipinski definition) is 2. The summed E-state index contributed by atoms with van der Waals surface area (Å²) in [5, 5.41) is 12.4. The van der Waals surface area contributed by atoms with Crippen LogP contribution in [0.15, 0.2) is 18.3 Å². The van der Waals surface area contributed by atoms with Gasteiger partial charge in [0.2, 0.25) is 0 Å². The number of nitrogens with one attached hydrogen (secondary N) is 1. The van der Waals surface area contributed by atoms with Crippen LogP contribution in [0.1, 0.15) is 20.8 Å². The number of rotatable bonds is 6. The maximum atomic E-state index is 9.25. The van der Waals surface area contributed by atoms with Crippen LogP contribution in [0, 0.1) is 5.92 Å². The number of hydrogen-bond acceptors (Lipinski definition) is 4. The Hall–Kier alpha value is -1.29. The minimum Gasteiger partial charge on any atom is -0.490 e. The Kier molecular flexibility index (Phi) is 5.05. The lowest BCUT2D eigenvalue weighted by atomic mass is 10.1. The summed E-state index contributed by atoms with van der Waals surface area (Å²) in [7, 11) is 0. The molecule has 1 aromatic heterocycles. The van der Waals surface area contributed by atoms with E-state index in [0.717, 1.165) is 5.75 Å². The smallest absolute Gasteiger partial charge is 0.169 e. The summed E-state index contributed by atoms with van der Waals surface area (Å²) in [5.41, 5.74) is 0. The van der Waals surface area contributed by atoms with Gasteiger partial charge in [-0.2, -0.15) is 0 Å². The van der Waals surface area contributed by atoms with Crippen molar-refractivity contribution in [1.29, 1.82) is 0 Å². The highest BCUT2D eigenvalue weighted by atomic mass is 16.5. The van der Waals surface area contributed by atoms with Crippen molar-refractivity contribution in [2.45, 2.75) is 26.8 Å². The Morgan fingerprint density at radius 2 is 2.25 bits per heavy atom. The van der Waals surface area contributed by atoms with E-state index in [1.165, 1.54) is 0 Å². The van der Waals surface area contributed by atoms with Crippen molar-refractivity contribution in [2.24, 2.45) is 5.92 Å². The lowest BCUT2D eigenvalue weighted by Crippen LogP contribution is -2.30. The lowest BCUT2D eigenvalue weighted by molar-refractivity contribution is 0.248. The zero-order chi connectivity index (χ0) is 12.0. The van der Waals surface area contributed by atoms with Crippen molar-refractivity contribution in [3.8, 4) is 5.75 Å². The standard InChI is InChI=1S/C12H20N2O2/c1-4-16-11-6-5-7-13-12(11)14-10(8-15)9(2)3/h5-7,9-10,15H,4,8H2,1-3H3,(H,13,14)/t10-/m1/s1. The molecule has 1 atom stereocenters. The first kappa shape index (κ1) is 12.8. The first-order valence-corrected chi connectivity index (χ1v) is 5.64. The Labute approximate surface area is 96.7 Å². The third-order valence-electron chi connectivity index (χ3n) is 2.39. The van der Waals surface area contributed by atoms with Gasteiger partial charge in [-0.15, -0.1) is 0 Å². The van der Waals surface area contributed by atoms with Crippen molar-refractivity contribution >= 4 is 5.82 Å². The molecule has 2 N–H and O–H groups in total. The van der Waals surface area contributed by atoms with E-state index in [2.05, 4.69) is 24.1 Å². The summed E-state index contributed by atoms with van der Waals surface area (Å²) >= 11 is 0. The second-order valence-electron chi connectivity index (χ2n) is 3.96. The molecule has 0 bridgehead atoms. The van der Waals surface area contributed by atoms with E-state index in [4.69, 9.17) is 4.74 Å². The number of ether oxygens (including phenoxy) is 1. The zero-order valence-corrected chi connectivity index (χ0v) is 10.1. The number of nitrogens with zero attached hydrogens (tertiary/aromatic N) is 1. The zero-order valence-electron chi connectivity index (χ0n) is 10.1. The van der Waals surface area contributed by atoms with Crippen molar-refractivity contribution in [1.82, 2.24) is 4.98 Å². The first-order valence-electron chi connectivity index (χ1n) is 5.64. The SMILES string of the molecule is CCOc1cccnc1N[C@H](CO)C(C)C. The van der Waals surface area contributed by atoms with Gasteiger partial charge in [0.15, 0.2) is 11.6 Å². The molecule has 0 unspecified atom stereocenters. The van der Waals surface area contributed by atoms with E-state index in [-0.39, 0.29) is 12.6 Å². The minimum atomic E-state index is -0.00546. The Bertz CT molecular complexity index is 316. The van der Waals surface area contributed by atoms with Gasteiger partial charge in [-0.25, -0.2) is 4.98 Å².